The summed E-state index contributed by atoms with van der Waals surface area (Å²) in [4.78, 5) is 12.2. The van der Waals surface area contributed by atoms with Crippen LogP contribution in [0.2, 0.25) is 0 Å². The van der Waals surface area contributed by atoms with Gasteiger partial charge in [0.1, 0.15) is 11.6 Å². The van der Waals surface area contributed by atoms with E-state index >= 15 is 0 Å². The van der Waals surface area contributed by atoms with E-state index in [1.807, 2.05) is 0 Å². The third-order valence-electron chi connectivity index (χ3n) is 5.47. The molecule has 0 spiro atoms. The first-order chi connectivity index (χ1) is 9.10. The summed E-state index contributed by atoms with van der Waals surface area (Å²) < 4.78 is 5.95. The third kappa shape index (κ3) is 2.67. The predicted molar refractivity (Wildman–Crippen MR) is 74.5 cm³/mol. The second kappa shape index (κ2) is 5.08. The quantitative estimate of drug-likeness (QED) is 0.777. The summed E-state index contributed by atoms with van der Waals surface area (Å²) in [7, 11) is 0. The first kappa shape index (κ1) is 13.4. The number of rotatable bonds is 5. The highest BCUT2D eigenvalue weighted by Crippen LogP contribution is 2.57. The molecule has 108 valence electrons. The molecule has 4 rings (SSSR count). The summed E-state index contributed by atoms with van der Waals surface area (Å²) in [6.45, 7) is 2.12. The van der Waals surface area contributed by atoms with Crippen molar-refractivity contribution in [2.75, 3.05) is 0 Å². The molecule has 0 aromatic heterocycles. The summed E-state index contributed by atoms with van der Waals surface area (Å²) in [5, 5.41) is 0. The van der Waals surface area contributed by atoms with E-state index in [2.05, 4.69) is 6.92 Å². The molecule has 1 atom stereocenters. The van der Waals surface area contributed by atoms with Crippen molar-refractivity contribution in [2.24, 2.45) is 23.5 Å². The first-order valence-corrected chi connectivity index (χ1v) is 8.08. The lowest BCUT2D eigenvalue weighted by Gasteiger charge is -2.55. The Balaban J connectivity index is 1.61. The van der Waals surface area contributed by atoms with E-state index in [0.717, 1.165) is 56.3 Å². The number of carbonyl (C=O) groups excluding carboxylic acids is 1. The summed E-state index contributed by atoms with van der Waals surface area (Å²) >= 11 is 0. The lowest BCUT2D eigenvalue weighted by Crippen LogP contribution is -2.54. The van der Waals surface area contributed by atoms with Crippen LogP contribution in [-0.2, 0) is 9.53 Å². The topological polar surface area (TPSA) is 52.3 Å². The van der Waals surface area contributed by atoms with Crippen molar-refractivity contribution in [1.29, 1.82) is 0 Å². The van der Waals surface area contributed by atoms with Crippen molar-refractivity contribution in [2.45, 2.75) is 76.4 Å². The highest BCUT2D eigenvalue weighted by Gasteiger charge is 2.53. The zero-order chi connectivity index (χ0) is 13.5. The van der Waals surface area contributed by atoms with Gasteiger partial charge in [0.25, 0.3) is 0 Å². The predicted octanol–water partition coefficient (Wildman–Crippen LogP) is 3.02. The molecule has 0 aromatic rings. The van der Waals surface area contributed by atoms with Crippen LogP contribution in [0.1, 0.15) is 64.7 Å². The summed E-state index contributed by atoms with van der Waals surface area (Å²) in [6.07, 6.45) is 10.3. The monoisotopic (exact) mass is 265 g/mol. The number of hydrogen-bond donors (Lipinski definition) is 1. The van der Waals surface area contributed by atoms with Crippen molar-refractivity contribution in [1.82, 2.24) is 0 Å². The van der Waals surface area contributed by atoms with Crippen LogP contribution in [0.4, 0.5) is 0 Å². The molecule has 0 radical (unpaired) electrons. The van der Waals surface area contributed by atoms with Crippen LogP contribution in [0, 0.1) is 17.8 Å². The molecule has 0 saturated heterocycles. The van der Waals surface area contributed by atoms with Gasteiger partial charge >= 0.3 is 5.97 Å². The molecular weight excluding hydrogens is 238 g/mol. The molecule has 4 saturated carbocycles. The molecule has 3 nitrogen and oxygen atoms in total. The Kier molecular flexibility index (Phi) is 3.59. The van der Waals surface area contributed by atoms with Gasteiger partial charge in [-0.15, -0.1) is 0 Å². The highest BCUT2D eigenvalue weighted by atomic mass is 16.6. The fourth-order valence-corrected chi connectivity index (χ4v) is 4.99. The average molecular weight is 265 g/mol. The van der Waals surface area contributed by atoms with E-state index < -0.39 is 6.04 Å². The summed E-state index contributed by atoms with van der Waals surface area (Å²) in [6, 6.07) is -0.409. The molecule has 0 heterocycles. The van der Waals surface area contributed by atoms with E-state index in [1.165, 1.54) is 19.3 Å². The Morgan fingerprint density at radius 2 is 1.74 bits per heavy atom. The van der Waals surface area contributed by atoms with Gasteiger partial charge in [-0.05, 0) is 62.7 Å². The SMILES string of the molecule is CCCCC(N)C(=O)OC12CC3CC(CC(C3)C1)C2. The van der Waals surface area contributed by atoms with Gasteiger partial charge in [0.2, 0.25) is 0 Å². The van der Waals surface area contributed by atoms with Crippen LogP contribution in [0.5, 0.6) is 0 Å². The van der Waals surface area contributed by atoms with Gasteiger partial charge < -0.3 is 10.5 Å². The Morgan fingerprint density at radius 1 is 1.21 bits per heavy atom. The van der Waals surface area contributed by atoms with Crippen molar-refractivity contribution >= 4 is 5.97 Å². The number of nitrogens with two attached hydrogens (primary N) is 1. The second-order valence-electron chi connectivity index (χ2n) is 7.27. The first-order valence-electron chi connectivity index (χ1n) is 8.08. The molecule has 19 heavy (non-hydrogen) atoms. The van der Waals surface area contributed by atoms with Crippen LogP contribution in [0.25, 0.3) is 0 Å². The molecule has 2 N–H and O–H groups in total. The van der Waals surface area contributed by atoms with Crippen LogP contribution < -0.4 is 5.73 Å². The molecule has 4 aliphatic carbocycles. The van der Waals surface area contributed by atoms with Crippen LogP contribution >= 0.6 is 0 Å². The van der Waals surface area contributed by atoms with Gasteiger partial charge in [-0.1, -0.05) is 19.8 Å². The van der Waals surface area contributed by atoms with E-state index in [-0.39, 0.29) is 11.6 Å². The van der Waals surface area contributed by atoms with Gasteiger partial charge in [-0.25, -0.2) is 0 Å². The van der Waals surface area contributed by atoms with Crippen molar-refractivity contribution in [3.63, 3.8) is 0 Å². The zero-order valence-electron chi connectivity index (χ0n) is 12.1. The number of unbranched alkanes of at least 4 members (excludes halogenated alkanes) is 1. The van der Waals surface area contributed by atoms with Crippen molar-refractivity contribution in [3.05, 3.63) is 0 Å². The van der Waals surface area contributed by atoms with Gasteiger partial charge in [-0.2, -0.15) is 0 Å². The Hall–Kier alpha value is -0.570. The van der Waals surface area contributed by atoms with E-state index in [0.29, 0.717) is 0 Å². The standard InChI is InChI=1S/C16H27NO2/c1-2-3-4-14(17)15(18)19-16-8-11-5-12(9-16)7-13(6-11)10-16/h11-14H,2-10,17H2,1H3. The summed E-state index contributed by atoms with van der Waals surface area (Å²) in [5.41, 5.74) is 5.83. The fourth-order valence-electron chi connectivity index (χ4n) is 4.99. The van der Waals surface area contributed by atoms with Gasteiger partial charge in [0.15, 0.2) is 0 Å². The Morgan fingerprint density at radius 3 is 2.21 bits per heavy atom. The number of esters is 1. The Labute approximate surface area is 116 Å². The molecule has 4 aliphatic rings. The molecule has 4 bridgehead atoms. The molecule has 0 aliphatic heterocycles. The fraction of sp³-hybridized carbons (Fsp3) is 0.938. The van der Waals surface area contributed by atoms with Crippen LogP contribution in [-0.4, -0.2) is 17.6 Å². The highest BCUT2D eigenvalue weighted by molar-refractivity contribution is 5.76. The lowest BCUT2D eigenvalue weighted by molar-refractivity contribution is -0.188. The maximum absolute atomic E-state index is 12.2. The normalized spacial score (nSPS) is 41.3. The summed E-state index contributed by atoms with van der Waals surface area (Å²) in [5.74, 6) is 2.29. The molecule has 3 heteroatoms. The lowest BCUT2D eigenvalue weighted by atomic mass is 9.54. The van der Waals surface area contributed by atoms with Gasteiger partial charge in [0.05, 0.1) is 0 Å². The molecule has 1 unspecified atom stereocenters. The van der Waals surface area contributed by atoms with E-state index in [1.54, 1.807) is 0 Å². The Bertz CT molecular complexity index is 317. The molecule has 0 aromatic carbocycles. The average Bonchev–Trinajstić information content (AvgIpc) is 2.33. The number of carbonyl (C=O) groups is 1. The third-order valence-corrected chi connectivity index (χ3v) is 5.47. The van der Waals surface area contributed by atoms with Gasteiger partial charge in [0, 0.05) is 0 Å². The smallest absolute Gasteiger partial charge is 0.323 e. The largest absolute Gasteiger partial charge is 0.458 e. The minimum absolute atomic E-state index is 0.129. The van der Waals surface area contributed by atoms with E-state index in [9.17, 15) is 4.79 Å². The minimum atomic E-state index is -0.409. The van der Waals surface area contributed by atoms with Crippen LogP contribution in [0.15, 0.2) is 0 Å². The van der Waals surface area contributed by atoms with Crippen molar-refractivity contribution in [3.8, 4) is 0 Å². The maximum Gasteiger partial charge on any atom is 0.323 e. The number of ether oxygens (including phenoxy) is 1. The molecule has 0 amide bonds. The minimum Gasteiger partial charge on any atom is -0.458 e. The molecular formula is C16H27NO2. The molecule has 4 fully saturated rings. The number of hydrogen-bond acceptors (Lipinski definition) is 3. The van der Waals surface area contributed by atoms with Crippen LogP contribution in [0.3, 0.4) is 0 Å². The second-order valence-corrected chi connectivity index (χ2v) is 7.27. The van der Waals surface area contributed by atoms with E-state index in [4.69, 9.17) is 10.5 Å². The maximum atomic E-state index is 12.2. The zero-order valence-corrected chi connectivity index (χ0v) is 12.1. The van der Waals surface area contributed by atoms with Gasteiger partial charge in [-0.3, -0.25) is 4.79 Å². The van der Waals surface area contributed by atoms with Crippen molar-refractivity contribution < 1.29 is 9.53 Å².